The van der Waals surface area contributed by atoms with Gasteiger partial charge >= 0.3 is 0 Å². The first-order chi connectivity index (χ1) is 15.9. The topological polar surface area (TPSA) is 6.89 Å². The summed E-state index contributed by atoms with van der Waals surface area (Å²) in [7, 11) is 0. The van der Waals surface area contributed by atoms with Gasteiger partial charge in [0.1, 0.15) is 6.54 Å². The van der Waals surface area contributed by atoms with Crippen LogP contribution in [0.1, 0.15) is 88.3 Å². The van der Waals surface area contributed by atoms with Crippen molar-refractivity contribution in [3.63, 3.8) is 0 Å². The molecule has 2 nitrogen and oxygen atoms in total. The highest BCUT2D eigenvalue weighted by Gasteiger charge is 2.32. The first kappa shape index (κ1) is 22.9. The van der Waals surface area contributed by atoms with Crippen molar-refractivity contribution in [2.24, 2.45) is 0 Å². The molecular weight excluding hydrogens is 388 g/mol. The van der Waals surface area contributed by atoms with Gasteiger partial charge < -0.3 is 0 Å². The molecule has 2 heterocycles. The summed E-state index contributed by atoms with van der Waals surface area (Å²) in [5, 5.41) is 0. The molecule has 1 aromatic rings. The second-order valence-electron chi connectivity index (χ2n) is 9.51. The number of nitrogens with zero attached hydrogens (tertiary/aromatic N) is 2. The summed E-state index contributed by atoms with van der Waals surface area (Å²) in [6, 6.07) is 4.56. The lowest BCUT2D eigenvalue weighted by Gasteiger charge is -2.13. The van der Waals surface area contributed by atoms with Crippen LogP contribution in [0.25, 0.3) is 0 Å². The van der Waals surface area contributed by atoms with Crippen LogP contribution in [0.3, 0.4) is 0 Å². The summed E-state index contributed by atoms with van der Waals surface area (Å²) < 4.78 is 5.00. The van der Waals surface area contributed by atoms with Crippen molar-refractivity contribution in [2.75, 3.05) is 6.54 Å². The van der Waals surface area contributed by atoms with Crippen molar-refractivity contribution >= 4 is 5.71 Å². The third-order valence-corrected chi connectivity index (χ3v) is 7.11. The number of aromatic nitrogens is 1. The maximum Gasteiger partial charge on any atom is 0.291 e. The Kier molecular flexibility index (Phi) is 9.04. The fourth-order valence-electron chi connectivity index (χ4n) is 5.31. The van der Waals surface area contributed by atoms with E-state index < -0.39 is 0 Å². The van der Waals surface area contributed by atoms with Crippen molar-refractivity contribution in [3.8, 4) is 0 Å². The van der Waals surface area contributed by atoms with Crippen molar-refractivity contribution in [3.05, 3.63) is 77.8 Å². The van der Waals surface area contributed by atoms with Crippen LogP contribution < -0.4 is 4.57 Å². The van der Waals surface area contributed by atoms with Gasteiger partial charge in [-0.3, -0.25) is 0 Å². The van der Waals surface area contributed by atoms with E-state index in [9.17, 15) is 0 Å². The zero-order valence-corrected chi connectivity index (χ0v) is 19.9. The quantitative estimate of drug-likeness (QED) is 0.162. The Labute approximate surface area is 195 Å². The van der Waals surface area contributed by atoms with E-state index in [1.807, 2.05) is 0 Å². The Morgan fingerprint density at radius 2 is 1.56 bits per heavy atom. The standard InChI is InChI=1S/C30H41N2/c1(3-5-7-13-23-31-25-15-19-27-17-9-11-21-29(27)31)2-4-6-8-14-24-32-26-16-20-28-18-10-12-22-30(28)32/h1-4,15-16,19,25-26H,5-14,17-18,21-24H2/q+3/b3-1-,4-2-. The molecular formula is C30H41N2+3. The van der Waals surface area contributed by atoms with Crippen LogP contribution in [0, 0.1) is 6.08 Å². The molecule has 0 amide bonds. The third kappa shape index (κ3) is 6.59. The zero-order chi connectivity index (χ0) is 21.8. The van der Waals surface area contributed by atoms with Crippen LogP contribution in [0.4, 0.5) is 0 Å². The number of rotatable bonds is 11. The molecule has 0 bridgehead atoms. The number of hydrogen-bond acceptors (Lipinski definition) is 0. The average molecular weight is 430 g/mol. The maximum absolute atomic E-state index is 3.45. The van der Waals surface area contributed by atoms with E-state index in [1.54, 1.807) is 17.0 Å². The highest BCUT2D eigenvalue weighted by molar-refractivity contribution is 5.97. The Bertz CT molecular complexity index is 897. The minimum absolute atomic E-state index is 1.16. The second-order valence-corrected chi connectivity index (χ2v) is 9.51. The normalized spacial score (nSPS) is 18.1. The van der Waals surface area contributed by atoms with E-state index in [1.165, 1.54) is 102 Å². The number of unbranched alkanes of at least 4 members (excludes halogenated alkanes) is 4. The number of allylic oxidation sites excluding steroid dienone is 7. The van der Waals surface area contributed by atoms with Gasteiger partial charge in [-0.1, -0.05) is 28.9 Å². The molecule has 0 N–H and O–H groups in total. The molecule has 0 unspecified atom stereocenters. The first-order valence-corrected chi connectivity index (χ1v) is 13.2. The van der Waals surface area contributed by atoms with Gasteiger partial charge in [-0.25, -0.2) is 4.57 Å². The molecule has 32 heavy (non-hydrogen) atoms. The van der Waals surface area contributed by atoms with Gasteiger partial charge in [-0.15, -0.1) is 0 Å². The van der Waals surface area contributed by atoms with Crippen LogP contribution in [0.2, 0.25) is 0 Å². The van der Waals surface area contributed by atoms with E-state index in [-0.39, 0.29) is 0 Å². The Balaban J connectivity index is 1.06. The lowest BCUT2D eigenvalue weighted by atomic mass is 9.91. The van der Waals surface area contributed by atoms with Gasteiger partial charge in [-0.05, 0) is 63.9 Å². The highest BCUT2D eigenvalue weighted by atomic mass is 15.0. The van der Waals surface area contributed by atoms with Gasteiger partial charge in [0.15, 0.2) is 30.1 Å². The van der Waals surface area contributed by atoms with E-state index in [0.29, 0.717) is 0 Å². The van der Waals surface area contributed by atoms with Gasteiger partial charge in [0.25, 0.3) is 11.9 Å². The molecule has 3 aliphatic rings. The van der Waals surface area contributed by atoms with Gasteiger partial charge in [-0.2, -0.15) is 0 Å². The number of fused-ring (bicyclic) bond motifs is 2. The Morgan fingerprint density at radius 3 is 2.44 bits per heavy atom. The minimum Gasteiger partial charge on any atom is -0.202 e. The fraction of sp³-hybridized carbons (Fsp3) is 0.533. The largest absolute Gasteiger partial charge is 0.291 e. The van der Waals surface area contributed by atoms with E-state index >= 15 is 0 Å². The molecule has 1 aliphatic heterocycles. The molecule has 0 radical (unpaired) electrons. The molecule has 168 valence electrons. The smallest absolute Gasteiger partial charge is 0.202 e. The summed E-state index contributed by atoms with van der Waals surface area (Å²) in [6.45, 7) is 2.33. The lowest BCUT2D eigenvalue weighted by molar-refractivity contribution is -0.705. The summed E-state index contributed by atoms with van der Waals surface area (Å²) in [6.07, 6.45) is 37.1. The van der Waals surface area contributed by atoms with E-state index in [2.05, 4.69) is 70.1 Å². The van der Waals surface area contributed by atoms with Gasteiger partial charge in [0.05, 0.1) is 12.5 Å². The summed E-state index contributed by atoms with van der Waals surface area (Å²) in [4.78, 5) is 0. The monoisotopic (exact) mass is 429 g/mol. The maximum atomic E-state index is 3.45. The predicted octanol–water partition coefficient (Wildman–Crippen LogP) is 6.59. The van der Waals surface area contributed by atoms with Crippen LogP contribution in [-0.4, -0.2) is 16.8 Å². The molecule has 1 saturated carbocycles. The molecule has 0 aromatic carbocycles. The van der Waals surface area contributed by atoms with E-state index in [0.717, 1.165) is 6.54 Å². The predicted molar refractivity (Wildman–Crippen MR) is 134 cm³/mol. The van der Waals surface area contributed by atoms with Crippen molar-refractivity contribution < 1.29 is 9.14 Å². The molecule has 0 atom stereocenters. The van der Waals surface area contributed by atoms with Crippen LogP contribution >= 0.6 is 0 Å². The van der Waals surface area contributed by atoms with Gasteiger partial charge in [0, 0.05) is 37.3 Å². The number of pyridine rings is 1. The van der Waals surface area contributed by atoms with Crippen molar-refractivity contribution in [1.82, 2.24) is 0 Å². The van der Waals surface area contributed by atoms with E-state index in [4.69, 9.17) is 0 Å². The fourth-order valence-corrected chi connectivity index (χ4v) is 5.31. The number of aryl methyl sites for hydroxylation is 2. The average Bonchev–Trinajstić information content (AvgIpc) is 2.85. The highest BCUT2D eigenvalue weighted by Crippen LogP contribution is 2.23. The zero-order valence-electron chi connectivity index (χ0n) is 19.9. The molecule has 0 saturated heterocycles. The van der Waals surface area contributed by atoms with Crippen molar-refractivity contribution in [2.45, 2.75) is 96.4 Å². The molecule has 0 spiro atoms. The molecule has 2 heteroatoms. The van der Waals surface area contributed by atoms with Gasteiger partial charge in [0.2, 0.25) is 0 Å². The second kappa shape index (κ2) is 12.7. The lowest BCUT2D eigenvalue weighted by Crippen LogP contribution is -2.40. The summed E-state index contributed by atoms with van der Waals surface area (Å²) in [5.41, 5.74) is 6.19. The SMILES string of the molecule is [C+]1=C2CCCCC2=[N+](CCCC/C=C\C=C/CCCC[n+]2cccc3c2CCCC3)C=C1. The van der Waals surface area contributed by atoms with Crippen molar-refractivity contribution in [1.29, 1.82) is 0 Å². The first-order valence-electron chi connectivity index (χ1n) is 13.2. The summed E-state index contributed by atoms with van der Waals surface area (Å²) in [5.74, 6) is 0. The van der Waals surface area contributed by atoms with Crippen LogP contribution in [0.5, 0.6) is 0 Å². The third-order valence-electron chi connectivity index (χ3n) is 7.11. The Hall–Kier alpha value is -2.31. The molecule has 1 aromatic heterocycles. The van der Waals surface area contributed by atoms with Crippen LogP contribution in [0.15, 0.2) is 60.5 Å². The molecule has 4 rings (SSSR count). The Morgan fingerprint density at radius 1 is 0.812 bits per heavy atom. The molecule has 2 aliphatic carbocycles. The van der Waals surface area contributed by atoms with Crippen LogP contribution in [-0.2, 0) is 19.4 Å². The minimum atomic E-state index is 1.16. The molecule has 1 fully saturated rings. The number of hydrogen-bond donors (Lipinski definition) is 0. The summed E-state index contributed by atoms with van der Waals surface area (Å²) >= 11 is 0.